The van der Waals surface area contributed by atoms with Crippen LogP contribution >= 0.6 is 23.6 Å². The molecule has 1 aliphatic heterocycles. The van der Waals surface area contributed by atoms with Gasteiger partial charge in [0, 0.05) is 26.2 Å². The largest absolute Gasteiger partial charge is 0.450 e. The second kappa shape index (κ2) is 10.2. The zero-order valence-corrected chi connectivity index (χ0v) is 20.2. The summed E-state index contributed by atoms with van der Waals surface area (Å²) in [5.74, 6) is 0.353. The van der Waals surface area contributed by atoms with E-state index in [2.05, 4.69) is 29.2 Å². The number of hydrogen-bond donors (Lipinski definition) is 1. The first-order valence-corrected chi connectivity index (χ1v) is 12.7. The molecule has 0 saturated carbocycles. The fourth-order valence-electron chi connectivity index (χ4n) is 3.18. The highest BCUT2D eigenvalue weighted by Crippen LogP contribution is 2.22. The summed E-state index contributed by atoms with van der Waals surface area (Å²) >= 11 is 6.51. The molecule has 31 heavy (non-hydrogen) atoms. The maximum Gasteiger partial charge on any atom is 0.413 e. The molecule has 0 atom stereocenters. The molecule has 2 heterocycles. The van der Waals surface area contributed by atoms with Crippen LogP contribution in [0.1, 0.15) is 32.3 Å². The molecule has 170 valence electrons. The summed E-state index contributed by atoms with van der Waals surface area (Å²) in [6.07, 6.45) is -0.571. The molecule has 1 saturated heterocycles. The number of hydrogen-bond acceptors (Lipinski definition) is 8. The third-order valence-electron chi connectivity index (χ3n) is 4.94. The molecule has 0 unspecified atom stereocenters. The first kappa shape index (κ1) is 23.8. The Kier molecular flexibility index (Phi) is 7.81. The number of aromatic nitrogens is 2. The molecule has 1 amide bonds. The van der Waals surface area contributed by atoms with Crippen LogP contribution in [0.4, 0.5) is 9.93 Å². The minimum atomic E-state index is -3.52. The highest BCUT2D eigenvalue weighted by molar-refractivity contribution is 7.89. The molecule has 0 spiro atoms. The van der Waals surface area contributed by atoms with Gasteiger partial charge < -0.3 is 4.74 Å². The van der Waals surface area contributed by atoms with Gasteiger partial charge in [-0.05, 0) is 42.8 Å². The fourth-order valence-corrected chi connectivity index (χ4v) is 5.58. The number of nitrogens with zero attached hydrogens (tertiary/aromatic N) is 4. The van der Waals surface area contributed by atoms with Crippen LogP contribution in [0.15, 0.2) is 29.2 Å². The molecule has 3 rings (SSSR count). The Balaban J connectivity index is 1.59. The molecule has 0 bridgehead atoms. The number of rotatable bonds is 7. The molecule has 1 N–H and O–H groups in total. The van der Waals surface area contributed by atoms with E-state index in [1.165, 1.54) is 15.6 Å². The van der Waals surface area contributed by atoms with Crippen molar-refractivity contribution >= 4 is 44.8 Å². The molecule has 0 aliphatic carbocycles. The van der Waals surface area contributed by atoms with Gasteiger partial charge >= 0.3 is 6.09 Å². The van der Waals surface area contributed by atoms with E-state index in [4.69, 9.17) is 17.0 Å². The van der Waals surface area contributed by atoms with Crippen LogP contribution in [0.3, 0.4) is 0 Å². The Morgan fingerprint density at radius 2 is 1.87 bits per heavy atom. The van der Waals surface area contributed by atoms with E-state index in [1.807, 2.05) is 12.1 Å². The van der Waals surface area contributed by atoms with Gasteiger partial charge in [0.05, 0.1) is 18.2 Å². The minimum absolute atomic E-state index is 0.271. The van der Waals surface area contributed by atoms with Gasteiger partial charge in [-0.2, -0.15) is 4.31 Å². The van der Waals surface area contributed by atoms with Gasteiger partial charge in [-0.3, -0.25) is 10.2 Å². The Hall–Kier alpha value is -1.86. The molecule has 9 nitrogen and oxygen atoms in total. The van der Waals surface area contributed by atoms with Crippen LogP contribution in [0.5, 0.6) is 0 Å². The molecule has 1 aliphatic rings. The Bertz CT molecular complexity index is 1050. The number of carbonyl (C=O) groups excluding carboxylic acids is 1. The summed E-state index contributed by atoms with van der Waals surface area (Å²) in [5.41, 5.74) is 1.11. The van der Waals surface area contributed by atoms with E-state index in [9.17, 15) is 13.2 Å². The van der Waals surface area contributed by atoms with E-state index < -0.39 is 16.1 Å². The van der Waals surface area contributed by atoms with E-state index in [-0.39, 0.29) is 6.61 Å². The van der Waals surface area contributed by atoms with Crippen molar-refractivity contribution < 1.29 is 17.9 Å². The van der Waals surface area contributed by atoms with Gasteiger partial charge in [0.2, 0.25) is 15.2 Å². The zero-order chi connectivity index (χ0) is 22.6. The second-order valence-corrected chi connectivity index (χ2v) is 11.0. The standard InChI is InChI=1S/C19H27N5O4S3/c1-4-28-18(25)20-17-21-24(19(29)30-17)13-22-9-11-23(12-10-22)31(26,27)16-7-5-15(6-8-16)14(2)3/h5-8,14H,4,9-13H2,1-3H3,(H,20,21,25). The summed E-state index contributed by atoms with van der Waals surface area (Å²) in [6, 6.07) is 7.12. The van der Waals surface area contributed by atoms with Crippen LogP contribution < -0.4 is 5.32 Å². The SMILES string of the molecule is CCOC(=O)Nc1nn(CN2CCN(S(=O)(=O)c3ccc(C(C)C)cc3)CC2)c(=S)s1. The second-order valence-electron chi connectivity index (χ2n) is 7.41. The smallest absolute Gasteiger partial charge is 0.413 e. The third kappa shape index (κ3) is 5.89. The number of carbonyl (C=O) groups is 1. The average molecular weight is 486 g/mol. The van der Waals surface area contributed by atoms with Crippen LogP contribution in [-0.4, -0.2) is 66.3 Å². The zero-order valence-electron chi connectivity index (χ0n) is 17.8. The number of amides is 1. The number of nitrogens with one attached hydrogen (secondary N) is 1. The van der Waals surface area contributed by atoms with Crippen molar-refractivity contribution in [3.8, 4) is 0 Å². The fraction of sp³-hybridized carbons (Fsp3) is 0.526. The monoisotopic (exact) mass is 485 g/mol. The number of anilines is 1. The van der Waals surface area contributed by atoms with Gasteiger partial charge in [-0.15, -0.1) is 5.10 Å². The average Bonchev–Trinajstić information content (AvgIpc) is 3.07. The van der Waals surface area contributed by atoms with Crippen LogP contribution in [0.25, 0.3) is 0 Å². The van der Waals surface area contributed by atoms with Crippen molar-refractivity contribution in [3.63, 3.8) is 0 Å². The molecular formula is C19H27N5O4S3. The normalized spacial score (nSPS) is 15.9. The Morgan fingerprint density at radius 3 is 2.45 bits per heavy atom. The van der Waals surface area contributed by atoms with E-state index in [0.29, 0.717) is 52.7 Å². The van der Waals surface area contributed by atoms with Crippen molar-refractivity contribution in [2.24, 2.45) is 0 Å². The number of ether oxygens (including phenoxy) is 1. The first-order valence-electron chi connectivity index (χ1n) is 10.0. The van der Waals surface area contributed by atoms with Gasteiger partial charge in [-0.25, -0.2) is 17.9 Å². The summed E-state index contributed by atoms with van der Waals surface area (Å²) in [5, 5.41) is 7.23. The maximum atomic E-state index is 13.0. The van der Waals surface area contributed by atoms with E-state index in [1.54, 1.807) is 23.7 Å². The van der Waals surface area contributed by atoms with Crippen molar-refractivity contribution in [1.82, 2.24) is 19.0 Å². The lowest BCUT2D eigenvalue weighted by Crippen LogP contribution is -2.48. The van der Waals surface area contributed by atoms with E-state index in [0.717, 1.165) is 5.56 Å². The third-order valence-corrected chi connectivity index (χ3v) is 8.08. The minimum Gasteiger partial charge on any atom is -0.450 e. The van der Waals surface area contributed by atoms with Crippen molar-refractivity contribution in [1.29, 1.82) is 0 Å². The molecule has 0 radical (unpaired) electrons. The maximum absolute atomic E-state index is 13.0. The van der Waals surface area contributed by atoms with E-state index >= 15 is 0 Å². The predicted octanol–water partition coefficient (Wildman–Crippen LogP) is 3.33. The predicted molar refractivity (Wildman–Crippen MR) is 122 cm³/mol. The Labute approximate surface area is 191 Å². The lowest BCUT2D eigenvalue weighted by Gasteiger charge is -2.33. The summed E-state index contributed by atoms with van der Waals surface area (Å²) in [6.45, 7) is 8.47. The Morgan fingerprint density at radius 1 is 1.23 bits per heavy atom. The highest BCUT2D eigenvalue weighted by atomic mass is 32.2. The molecule has 1 fully saturated rings. The first-order chi connectivity index (χ1) is 14.7. The number of benzene rings is 1. The van der Waals surface area contributed by atoms with Crippen molar-refractivity contribution in [2.45, 2.75) is 38.3 Å². The number of sulfonamides is 1. The molecule has 1 aromatic heterocycles. The number of piperazine rings is 1. The molecule has 2 aromatic rings. The topological polar surface area (TPSA) is 96.8 Å². The summed E-state index contributed by atoms with van der Waals surface area (Å²) in [7, 11) is -3.52. The lowest BCUT2D eigenvalue weighted by atomic mass is 10.0. The molecular weight excluding hydrogens is 458 g/mol. The van der Waals surface area contributed by atoms with Crippen molar-refractivity contribution in [3.05, 3.63) is 33.8 Å². The van der Waals surface area contributed by atoms with Gasteiger partial charge in [0.15, 0.2) is 3.95 Å². The van der Waals surface area contributed by atoms with Crippen LogP contribution in [0.2, 0.25) is 0 Å². The lowest BCUT2D eigenvalue weighted by molar-refractivity contribution is 0.145. The van der Waals surface area contributed by atoms with Gasteiger partial charge in [0.1, 0.15) is 0 Å². The van der Waals surface area contributed by atoms with Crippen molar-refractivity contribution in [2.75, 3.05) is 38.1 Å². The van der Waals surface area contributed by atoms with Gasteiger partial charge in [0.25, 0.3) is 0 Å². The quantitative estimate of drug-likeness (QED) is 0.601. The van der Waals surface area contributed by atoms with Crippen LogP contribution in [0, 0.1) is 3.95 Å². The highest BCUT2D eigenvalue weighted by Gasteiger charge is 2.28. The molecule has 1 aromatic carbocycles. The summed E-state index contributed by atoms with van der Waals surface area (Å²) in [4.78, 5) is 13.9. The van der Waals surface area contributed by atoms with Crippen LogP contribution in [-0.2, 0) is 21.4 Å². The van der Waals surface area contributed by atoms with Gasteiger partial charge in [-0.1, -0.05) is 37.3 Å². The molecule has 12 heteroatoms. The summed E-state index contributed by atoms with van der Waals surface area (Å²) < 4.78 is 34.4.